The van der Waals surface area contributed by atoms with Crippen LogP contribution in [0.5, 0.6) is 0 Å². The van der Waals surface area contributed by atoms with E-state index in [-0.39, 0.29) is 34.1 Å². The predicted octanol–water partition coefficient (Wildman–Crippen LogP) is 0.205. The molecule has 1 aromatic rings. The minimum absolute atomic E-state index is 0.0504. The van der Waals surface area contributed by atoms with Crippen molar-refractivity contribution in [3.05, 3.63) is 35.4 Å². The highest BCUT2D eigenvalue weighted by molar-refractivity contribution is 7.91. The summed E-state index contributed by atoms with van der Waals surface area (Å²) in [6.07, 6.45) is 0.751. The fourth-order valence-electron chi connectivity index (χ4n) is 3.73. The van der Waals surface area contributed by atoms with Gasteiger partial charge < -0.3 is 9.80 Å². The second-order valence-electron chi connectivity index (χ2n) is 7.49. The summed E-state index contributed by atoms with van der Waals surface area (Å²) in [5.41, 5.74) is 0.374. The van der Waals surface area contributed by atoms with Crippen LogP contribution in [0.2, 0.25) is 0 Å². The second kappa shape index (κ2) is 7.47. The van der Waals surface area contributed by atoms with Crippen molar-refractivity contribution < 1.29 is 26.4 Å². The summed E-state index contributed by atoms with van der Waals surface area (Å²) in [5.74, 6) is -0.892. The van der Waals surface area contributed by atoms with Gasteiger partial charge in [0.15, 0.2) is 19.7 Å². The fourth-order valence-corrected chi connectivity index (χ4v) is 7.28. The molecule has 0 N–H and O–H groups in total. The molecule has 10 heteroatoms. The van der Waals surface area contributed by atoms with Crippen molar-refractivity contribution in [2.24, 2.45) is 0 Å². The van der Waals surface area contributed by atoms with Crippen LogP contribution >= 0.6 is 0 Å². The number of nitrogens with zero attached hydrogens (tertiary/aromatic N) is 2. The Bertz CT molecular complexity index is 922. The van der Waals surface area contributed by atoms with Crippen LogP contribution in [0.4, 0.5) is 0 Å². The van der Waals surface area contributed by atoms with E-state index in [4.69, 9.17) is 0 Å². The Kier molecular flexibility index (Phi) is 5.55. The average molecular weight is 429 g/mol. The molecule has 1 aromatic carbocycles. The number of rotatable bonds is 4. The molecule has 2 heterocycles. The number of carbonyl (C=O) groups excluding carboxylic acids is 2. The van der Waals surface area contributed by atoms with Crippen LogP contribution in [0, 0.1) is 0 Å². The summed E-state index contributed by atoms with van der Waals surface area (Å²) in [6, 6.07) is 5.52. The quantitative estimate of drug-likeness (QED) is 0.678. The molecule has 0 radical (unpaired) electrons. The van der Waals surface area contributed by atoms with Gasteiger partial charge in [-0.2, -0.15) is 0 Å². The summed E-state index contributed by atoms with van der Waals surface area (Å²) < 4.78 is 46.9. The number of sulfone groups is 2. The monoisotopic (exact) mass is 428 g/mol. The predicted molar refractivity (Wildman–Crippen MR) is 105 cm³/mol. The molecule has 0 aromatic heterocycles. The van der Waals surface area contributed by atoms with Gasteiger partial charge in [0.2, 0.25) is 0 Å². The Hall–Kier alpha value is -1.94. The molecule has 2 fully saturated rings. The zero-order valence-corrected chi connectivity index (χ0v) is 17.5. The van der Waals surface area contributed by atoms with Crippen LogP contribution in [-0.2, 0) is 19.7 Å². The Morgan fingerprint density at radius 3 is 1.43 bits per heavy atom. The zero-order chi connectivity index (χ0) is 20.7. The van der Waals surface area contributed by atoms with Gasteiger partial charge >= 0.3 is 0 Å². The van der Waals surface area contributed by atoms with Gasteiger partial charge in [-0.1, -0.05) is 12.1 Å². The third-order valence-electron chi connectivity index (χ3n) is 5.54. The van der Waals surface area contributed by atoms with E-state index in [1.165, 1.54) is 21.9 Å². The highest BCUT2D eigenvalue weighted by Crippen LogP contribution is 2.23. The summed E-state index contributed by atoms with van der Waals surface area (Å²) in [6.45, 7) is 0. The lowest BCUT2D eigenvalue weighted by atomic mass is 10.0. The van der Waals surface area contributed by atoms with E-state index in [0.717, 1.165) is 0 Å². The lowest BCUT2D eigenvalue weighted by molar-refractivity contribution is 0.0708. The number of hydrogen-bond donors (Lipinski definition) is 0. The summed E-state index contributed by atoms with van der Waals surface area (Å²) in [7, 11) is -3.20. The highest BCUT2D eigenvalue weighted by Gasteiger charge is 2.36. The Morgan fingerprint density at radius 1 is 0.786 bits per heavy atom. The maximum absolute atomic E-state index is 13.0. The van der Waals surface area contributed by atoms with Gasteiger partial charge in [-0.25, -0.2) is 16.8 Å². The maximum Gasteiger partial charge on any atom is 0.254 e. The van der Waals surface area contributed by atoms with Gasteiger partial charge in [-0.15, -0.1) is 0 Å². The molecule has 0 saturated carbocycles. The van der Waals surface area contributed by atoms with E-state index < -0.39 is 43.6 Å². The van der Waals surface area contributed by atoms with E-state index in [1.54, 1.807) is 26.2 Å². The molecular weight excluding hydrogens is 404 g/mol. The number of benzene rings is 1. The zero-order valence-electron chi connectivity index (χ0n) is 15.9. The molecule has 2 saturated heterocycles. The Morgan fingerprint density at radius 2 is 1.14 bits per heavy atom. The van der Waals surface area contributed by atoms with E-state index in [9.17, 15) is 26.4 Å². The standard InChI is InChI=1S/C18H24N2O6S2/c1-19(13-7-9-27(23,24)11-13)17(21)15-5-3-4-6-16(15)18(22)20(2)14-8-10-28(25,26)12-14/h3-6,13-14H,7-12H2,1-2H3. The summed E-state index contributed by atoms with van der Waals surface area (Å²) in [4.78, 5) is 28.7. The van der Waals surface area contributed by atoms with Crippen molar-refractivity contribution in [2.75, 3.05) is 37.1 Å². The summed E-state index contributed by atoms with van der Waals surface area (Å²) in [5, 5.41) is 0. The lowest BCUT2D eigenvalue weighted by Gasteiger charge is -2.27. The Balaban J connectivity index is 1.82. The van der Waals surface area contributed by atoms with E-state index >= 15 is 0 Å². The molecule has 3 rings (SSSR count). The van der Waals surface area contributed by atoms with Crippen molar-refractivity contribution in [2.45, 2.75) is 24.9 Å². The largest absolute Gasteiger partial charge is 0.338 e. The molecule has 0 spiro atoms. The van der Waals surface area contributed by atoms with E-state index in [0.29, 0.717) is 12.8 Å². The SMILES string of the molecule is CN(C(=O)c1ccccc1C(=O)N(C)C1CCS(=O)(=O)C1)C1CCS(=O)(=O)C1. The van der Waals surface area contributed by atoms with Gasteiger partial charge in [0.1, 0.15) is 0 Å². The molecule has 0 aliphatic carbocycles. The van der Waals surface area contributed by atoms with Gasteiger partial charge in [-0.05, 0) is 25.0 Å². The van der Waals surface area contributed by atoms with Crippen molar-refractivity contribution in [3.63, 3.8) is 0 Å². The van der Waals surface area contributed by atoms with Gasteiger partial charge in [-0.3, -0.25) is 9.59 Å². The van der Waals surface area contributed by atoms with Crippen molar-refractivity contribution in [3.8, 4) is 0 Å². The molecule has 2 aliphatic heterocycles. The minimum Gasteiger partial charge on any atom is -0.338 e. The van der Waals surface area contributed by atoms with Crippen molar-refractivity contribution >= 4 is 31.5 Å². The molecule has 28 heavy (non-hydrogen) atoms. The molecule has 2 atom stereocenters. The van der Waals surface area contributed by atoms with Crippen LogP contribution in [0.25, 0.3) is 0 Å². The molecule has 8 nitrogen and oxygen atoms in total. The lowest BCUT2D eigenvalue weighted by Crippen LogP contribution is -2.41. The molecule has 2 unspecified atom stereocenters. The summed E-state index contributed by atoms with van der Waals surface area (Å²) >= 11 is 0. The number of carbonyl (C=O) groups is 2. The number of amides is 2. The van der Waals surface area contributed by atoms with Crippen LogP contribution in [-0.4, -0.2) is 87.6 Å². The van der Waals surface area contributed by atoms with Gasteiger partial charge in [0.05, 0.1) is 34.1 Å². The fraction of sp³-hybridized carbons (Fsp3) is 0.556. The van der Waals surface area contributed by atoms with Crippen molar-refractivity contribution in [1.82, 2.24) is 9.80 Å². The maximum atomic E-state index is 13.0. The minimum atomic E-state index is -3.14. The van der Waals surface area contributed by atoms with Gasteiger partial charge in [0, 0.05) is 26.2 Å². The molecule has 2 amide bonds. The topological polar surface area (TPSA) is 109 Å². The molecular formula is C18H24N2O6S2. The highest BCUT2D eigenvalue weighted by atomic mass is 32.2. The van der Waals surface area contributed by atoms with Crippen LogP contribution < -0.4 is 0 Å². The van der Waals surface area contributed by atoms with Crippen molar-refractivity contribution in [1.29, 1.82) is 0 Å². The van der Waals surface area contributed by atoms with Crippen LogP contribution in [0.1, 0.15) is 33.6 Å². The molecule has 0 bridgehead atoms. The average Bonchev–Trinajstić information content (AvgIpc) is 3.20. The molecule has 154 valence electrons. The molecule has 2 aliphatic rings. The first-order valence-electron chi connectivity index (χ1n) is 9.05. The first-order valence-corrected chi connectivity index (χ1v) is 12.7. The number of hydrogen-bond acceptors (Lipinski definition) is 6. The first kappa shape index (κ1) is 20.8. The van der Waals surface area contributed by atoms with Crippen LogP contribution in [0.15, 0.2) is 24.3 Å². The van der Waals surface area contributed by atoms with E-state index in [2.05, 4.69) is 0 Å². The third kappa shape index (κ3) is 4.22. The third-order valence-corrected chi connectivity index (χ3v) is 9.04. The van der Waals surface area contributed by atoms with Crippen LogP contribution in [0.3, 0.4) is 0 Å². The second-order valence-corrected chi connectivity index (χ2v) is 11.9. The Labute approximate surface area is 165 Å². The normalized spacial score (nSPS) is 25.4. The van der Waals surface area contributed by atoms with E-state index in [1.807, 2.05) is 0 Å². The first-order chi connectivity index (χ1) is 13.0. The smallest absolute Gasteiger partial charge is 0.254 e. The van der Waals surface area contributed by atoms with Gasteiger partial charge in [0.25, 0.3) is 11.8 Å².